The van der Waals surface area contributed by atoms with Gasteiger partial charge in [-0.25, -0.2) is 9.79 Å². The molecule has 0 fully saturated rings. The largest absolute Gasteiger partial charge is 0.493 e. The van der Waals surface area contributed by atoms with Crippen molar-refractivity contribution in [2.75, 3.05) is 7.11 Å². The van der Waals surface area contributed by atoms with E-state index in [1.165, 1.54) is 19.2 Å². The van der Waals surface area contributed by atoms with E-state index < -0.39 is 5.97 Å². The summed E-state index contributed by atoms with van der Waals surface area (Å²) in [7, 11) is 1.53. The molecule has 0 bridgehead atoms. The second-order valence-corrected chi connectivity index (χ2v) is 6.98. The summed E-state index contributed by atoms with van der Waals surface area (Å²) in [6.07, 6.45) is 0. The zero-order valence-corrected chi connectivity index (χ0v) is 17.2. The topological polar surface area (TPSA) is 101 Å². The summed E-state index contributed by atoms with van der Waals surface area (Å²) in [6, 6.07) is 22.6. The number of hydrogen-bond donors (Lipinski definition) is 2. The summed E-state index contributed by atoms with van der Waals surface area (Å²) in [5.74, 6) is -0.864. The molecule has 4 rings (SSSR count). The number of hydrogen-bond acceptors (Lipinski definition) is 5. The molecule has 7 nitrogen and oxygen atoms in total. The van der Waals surface area contributed by atoms with Crippen LogP contribution in [-0.2, 0) is 6.54 Å². The Bertz CT molecular complexity index is 1340. The molecule has 0 atom stereocenters. The number of carbonyl (C=O) groups is 2. The van der Waals surface area contributed by atoms with E-state index in [-0.39, 0.29) is 22.6 Å². The van der Waals surface area contributed by atoms with Crippen molar-refractivity contribution in [1.29, 1.82) is 0 Å². The second-order valence-electron chi connectivity index (χ2n) is 6.98. The molecular weight excluding hydrogens is 408 g/mol. The summed E-state index contributed by atoms with van der Waals surface area (Å²) in [6.45, 7) is 0.350. The fraction of sp³-hybridized carbons (Fsp3) is 0.0800. The third kappa shape index (κ3) is 4.52. The Morgan fingerprint density at radius 1 is 1.00 bits per heavy atom. The van der Waals surface area contributed by atoms with Gasteiger partial charge in [-0.1, -0.05) is 42.5 Å². The zero-order chi connectivity index (χ0) is 22.5. The third-order valence-corrected chi connectivity index (χ3v) is 4.84. The van der Waals surface area contributed by atoms with Crippen LogP contribution in [0.15, 0.2) is 88.3 Å². The standard InChI is InChI=1S/C25H20N2O5/c1-31-21-9-5-8-18-14-20(23(28)26-15-16-6-3-2-4-7-16)24(32-22(18)21)27-19-12-10-17(11-13-19)25(29)30/h2-14H,15H2,1H3,(H,26,28)(H,29,30). The van der Waals surface area contributed by atoms with Crippen LogP contribution in [0.25, 0.3) is 11.0 Å². The quantitative estimate of drug-likeness (QED) is 0.477. The molecule has 32 heavy (non-hydrogen) atoms. The lowest BCUT2D eigenvalue weighted by Gasteiger charge is -2.09. The molecule has 0 aliphatic carbocycles. The molecule has 0 aliphatic heterocycles. The molecular formula is C25H20N2O5. The number of rotatable bonds is 6. The lowest BCUT2D eigenvalue weighted by Crippen LogP contribution is -2.28. The third-order valence-electron chi connectivity index (χ3n) is 4.84. The molecule has 0 unspecified atom stereocenters. The van der Waals surface area contributed by atoms with Crippen LogP contribution in [0, 0.1) is 0 Å². The number of para-hydroxylation sites is 1. The van der Waals surface area contributed by atoms with Crippen molar-refractivity contribution in [2.45, 2.75) is 6.54 Å². The van der Waals surface area contributed by atoms with Crippen LogP contribution < -0.4 is 15.6 Å². The van der Waals surface area contributed by atoms with Gasteiger partial charge in [0.15, 0.2) is 11.3 Å². The van der Waals surface area contributed by atoms with Crippen LogP contribution in [0.2, 0.25) is 0 Å². The number of nitrogens with one attached hydrogen (secondary N) is 1. The van der Waals surface area contributed by atoms with Gasteiger partial charge in [0.2, 0.25) is 5.55 Å². The number of fused-ring (bicyclic) bond motifs is 1. The molecule has 4 aromatic rings. The normalized spacial score (nSPS) is 11.3. The van der Waals surface area contributed by atoms with Crippen molar-refractivity contribution >= 4 is 28.5 Å². The number of methoxy groups -OCH3 is 1. The van der Waals surface area contributed by atoms with Crippen molar-refractivity contribution in [3.05, 3.63) is 101 Å². The Balaban J connectivity index is 1.79. The molecule has 0 radical (unpaired) electrons. The number of nitrogens with zero attached hydrogens (tertiary/aromatic N) is 1. The maximum atomic E-state index is 13.0. The molecule has 0 spiro atoms. The lowest BCUT2D eigenvalue weighted by atomic mass is 10.1. The first-order valence-electron chi connectivity index (χ1n) is 9.86. The van der Waals surface area contributed by atoms with E-state index in [4.69, 9.17) is 14.3 Å². The first-order valence-corrected chi connectivity index (χ1v) is 9.86. The van der Waals surface area contributed by atoms with Crippen LogP contribution in [0.3, 0.4) is 0 Å². The lowest BCUT2D eigenvalue weighted by molar-refractivity contribution is 0.0696. The highest BCUT2D eigenvalue weighted by atomic mass is 16.5. The monoisotopic (exact) mass is 428 g/mol. The van der Waals surface area contributed by atoms with Gasteiger partial charge >= 0.3 is 5.97 Å². The van der Waals surface area contributed by atoms with E-state index in [0.717, 1.165) is 5.56 Å². The maximum absolute atomic E-state index is 13.0. The molecule has 3 aromatic carbocycles. The number of carboxylic acids is 1. The molecule has 1 aromatic heterocycles. The zero-order valence-electron chi connectivity index (χ0n) is 17.2. The van der Waals surface area contributed by atoms with Crippen LogP contribution in [0.4, 0.5) is 5.69 Å². The van der Waals surface area contributed by atoms with Gasteiger partial charge in [-0.2, -0.15) is 0 Å². The highest BCUT2D eigenvalue weighted by Crippen LogP contribution is 2.25. The second kappa shape index (κ2) is 9.18. The number of amides is 1. The van der Waals surface area contributed by atoms with E-state index >= 15 is 0 Å². The van der Waals surface area contributed by atoms with Crippen LogP contribution >= 0.6 is 0 Å². The fourth-order valence-electron chi connectivity index (χ4n) is 3.20. The minimum Gasteiger partial charge on any atom is -0.493 e. The number of ether oxygens (including phenoxy) is 1. The smallest absolute Gasteiger partial charge is 0.335 e. The molecule has 1 amide bonds. The summed E-state index contributed by atoms with van der Waals surface area (Å²) < 4.78 is 11.4. The van der Waals surface area contributed by atoms with E-state index in [1.807, 2.05) is 42.5 Å². The van der Waals surface area contributed by atoms with Crippen LogP contribution in [-0.4, -0.2) is 24.1 Å². The number of aromatic carboxylic acids is 1. The van der Waals surface area contributed by atoms with Crippen molar-refractivity contribution in [1.82, 2.24) is 5.32 Å². The predicted molar refractivity (Wildman–Crippen MR) is 119 cm³/mol. The Kier molecular flexibility index (Phi) is 5.98. The number of benzene rings is 3. The van der Waals surface area contributed by atoms with Gasteiger partial charge in [0.1, 0.15) is 5.56 Å². The van der Waals surface area contributed by atoms with Crippen molar-refractivity contribution in [3.8, 4) is 5.75 Å². The Hall–Kier alpha value is -4.39. The average Bonchev–Trinajstić information content (AvgIpc) is 2.82. The Morgan fingerprint density at radius 2 is 1.75 bits per heavy atom. The van der Waals surface area contributed by atoms with Crippen molar-refractivity contribution in [2.24, 2.45) is 4.99 Å². The van der Waals surface area contributed by atoms with Crippen LogP contribution in [0.1, 0.15) is 26.3 Å². The van der Waals surface area contributed by atoms with Gasteiger partial charge < -0.3 is 19.6 Å². The number of carboxylic acid groups (broad SMARTS) is 1. The molecule has 2 N–H and O–H groups in total. The molecule has 0 saturated carbocycles. The SMILES string of the molecule is COc1cccc2cc(C(=O)NCc3ccccc3)c(=Nc3ccc(C(=O)O)cc3)oc12. The van der Waals surface area contributed by atoms with E-state index in [9.17, 15) is 9.59 Å². The van der Waals surface area contributed by atoms with Crippen LogP contribution in [0.5, 0.6) is 5.75 Å². The first kappa shape index (κ1) is 20.9. The predicted octanol–water partition coefficient (Wildman–Crippen LogP) is 4.30. The molecule has 0 aliphatic rings. The van der Waals surface area contributed by atoms with Gasteiger partial charge in [0.05, 0.1) is 18.4 Å². The Morgan fingerprint density at radius 3 is 2.44 bits per heavy atom. The average molecular weight is 428 g/mol. The highest BCUT2D eigenvalue weighted by Gasteiger charge is 2.15. The summed E-state index contributed by atoms with van der Waals surface area (Å²) in [4.78, 5) is 28.6. The van der Waals surface area contributed by atoms with E-state index in [0.29, 0.717) is 29.0 Å². The molecule has 7 heteroatoms. The van der Waals surface area contributed by atoms with Gasteiger partial charge in [-0.3, -0.25) is 4.79 Å². The van der Waals surface area contributed by atoms with Crippen molar-refractivity contribution < 1.29 is 23.8 Å². The highest BCUT2D eigenvalue weighted by molar-refractivity contribution is 5.97. The number of carbonyl (C=O) groups excluding carboxylic acids is 1. The molecule has 0 saturated heterocycles. The van der Waals surface area contributed by atoms with E-state index in [2.05, 4.69) is 10.3 Å². The maximum Gasteiger partial charge on any atom is 0.335 e. The van der Waals surface area contributed by atoms with E-state index in [1.54, 1.807) is 24.3 Å². The van der Waals surface area contributed by atoms with Gasteiger partial charge in [-0.15, -0.1) is 0 Å². The summed E-state index contributed by atoms with van der Waals surface area (Å²) >= 11 is 0. The molecule has 160 valence electrons. The first-order chi connectivity index (χ1) is 15.5. The minimum absolute atomic E-state index is 0.0932. The summed E-state index contributed by atoms with van der Waals surface area (Å²) in [5.41, 5.74) is 2.35. The van der Waals surface area contributed by atoms with Gasteiger partial charge in [0, 0.05) is 11.9 Å². The Labute approximate surface area is 183 Å². The van der Waals surface area contributed by atoms with Gasteiger partial charge in [-0.05, 0) is 42.0 Å². The summed E-state index contributed by atoms with van der Waals surface area (Å²) in [5, 5.41) is 12.7. The fourth-order valence-corrected chi connectivity index (χ4v) is 3.20. The van der Waals surface area contributed by atoms with Gasteiger partial charge in [0.25, 0.3) is 5.91 Å². The minimum atomic E-state index is -1.03. The molecule has 1 heterocycles. The van der Waals surface area contributed by atoms with Crippen molar-refractivity contribution in [3.63, 3.8) is 0 Å².